The minimum atomic E-state index is -3.99. The van der Waals surface area contributed by atoms with E-state index in [1.54, 1.807) is 60.7 Å². The predicted octanol–water partition coefficient (Wildman–Crippen LogP) is 4.83. The molecule has 3 rings (SSSR count). The number of amides is 1. The number of nitrogens with zero attached hydrogens (tertiary/aromatic N) is 1. The van der Waals surface area contributed by atoms with Crippen LogP contribution in [0.5, 0.6) is 0 Å². The lowest BCUT2D eigenvalue weighted by molar-refractivity contribution is -0.114. The van der Waals surface area contributed by atoms with E-state index >= 15 is 0 Å². The standard InChI is InChI=1S/C20H16Cl2N2O3S/c21-15-7-6-8-16(13-15)24(28(26,27)17-9-2-1-3-10-17)14-20(25)23-19-12-5-4-11-18(19)22/h1-13H,14H2,(H,23,25). The Hall–Kier alpha value is -2.54. The normalized spacial score (nSPS) is 11.1. The SMILES string of the molecule is O=C(CN(c1cccc(Cl)c1)S(=O)(=O)c1ccccc1)Nc1ccccc1Cl. The fourth-order valence-electron chi connectivity index (χ4n) is 2.55. The van der Waals surface area contributed by atoms with Gasteiger partial charge in [-0.15, -0.1) is 0 Å². The Kier molecular flexibility index (Phi) is 6.24. The molecule has 144 valence electrons. The first kappa shape index (κ1) is 20.2. The minimum absolute atomic E-state index is 0.0699. The smallest absolute Gasteiger partial charge is 0.264 e. The average Bonchev–Trinajstić information content (AvgIpc) is 2.68. The molecule has 0 fully saturated rings. The molecule has 0 saturated heterocycles. The van der Waals surface area contributed by atoms with Crippen molar-refractivity contribution in [2.75, 3.05) is 16.2 Å². The molecule has 5 nitrogen and oxygen atoms in total. The molecule has 0 unspecified atom stereocenters. The Labute approximate surface area is 173 Å². The van der Waals surface area contributed by atoms with Crippen LogP contribution in [0.1, 0.15) is 0 Å². The number of benzene rings is 3. The van der Waals surface area contributed by atoms with Gasteiger partial charge in [0.2, 0.25) is 5.91 Å². The highest BCUT2D eigenvalue weighted by Crippen LogP contribution is 2.26. The summed E-state index contributed by atoms with van der Waals surface area (Å²) in [5.74, 6) is -0.535. The number of carbonyl (C=O) groups is 1. The predicted molar refractivity (Wildman–Crippen MR) is 113 cm³/mol. The molecular weight excluding hydrogens is 419 g/mol. The molecule has 0 radical (unpaired) electrons. The molecule has 0 aliphatic heterocycles. The zero-order valence-electron chi connectivity index (χ0n) is 14.5. The monoisotopic (exact) mass is 434 g/mol. The van der Waals surface area contributed by atoms with Crippen molar-refractivity contribution in [2.24, 2.45) is 0 Å². The van der Waals surface area contributed by atoms with Gasteiger partial charge in [-0.2, -0.15) is 0 Å². The molecule has 28 heavy (non-hydrogen) atoms. The van der Waals surface area contributed by atoms with Gasteiger partial charge in [-0.05, 0) is 42.5 Å². The van der Waals surface area contributed by atoms with Crippen LogP contribution in [-0.4, -0.2) is 20.9 Å². The average molecular weight is 435 g/mol. The zero-order valence-corrected chi connectivity index (χ0v) is 16.9. The molecule has 0 spiro atoms. The summed E-state index contributed by atoms with van der Waals surface area (Å²) >= 11 is 12.1. The van der Waals surface area contributed by atoms with E-state index in [1.807, 2.05) is 0 Å². The molecule has 8 heteroatoms. The maximum absolute atomic E-state index is 13.2. The molecule has 3 aromatic carbocycles. The van der Waals surface area contributed by atoms with Crippen LogP contribution in [0.4, 0.5) is 11.4 Å². The number of sulfonamides is 1. The highest BCUT2D eigenvalue weighted by atomic mass is 35.5. The van der Waals surface area contributed by atoms with Gasteiger partial charge in [0, 0.05) is 5.02 Å². The molecule has 0 bridgehead atoms. The molecule has 0 aromatic heterocycles. The Balaban J connectivity index is 1.95. The van der Waals surface area contributed by atoms with E-state index in [2.05, 4.69) is 5.32 Å². The van der Waals surface area contributed by atoms with E-state index in [0.29, 0.717) is 15.7 Å². The van der Waals surface area contributed by atoms with Crippen molar-refractivity contribution in [2.45, 2.75) is 4.90 Å². The number of carbonyl (C=O) groups excluding carboxylic acids is 1. The Morgan fingerprint density at radius 3 is 2.25 bits per heavy atom. The van der Waals surface area contributed by atoms with Crippen LogP contribution < -0.4 is 9.62 Å². The third kappa shape index (κ3) is 4.65. The van der Waals surface area contributed by atoms with Gasteiger partial charge in [-0.3, -0.25) is 9.10 Å². The van der Waals surface area contributed by atoms with E-state index in [4.69, 9.17) is 23.2 Å². The number of halogens is 2. The van der Waals surface area contributed by atoms with E-state index in [-0.39, 0.29) is 10.6 Å². The van der Waals surface area contributed by atoms with Gasteiger partial charge in [-0.25, -0.2) is 8.42 Å². The molecule has 0 atom stereocenters. The largest absolute Gasteiger partial charge is 0.323 e. The van der Waals surface area contributed by atoms with Crippen molar-refractivity contribution in [1.29, 1.82) is 0 Å². The van der Waals surface area contributed by atoms with E-state index in [0.717, 1.165) is 4.31 Å². The molecule has 0 saturated carbocycles. The van der Waals surface area contributed by atoms with Crippen LogP contribution in [0.3, 0.4) is 0 Å². The molecule has 3 aromatic rings. The summed E-state index contributed by atoms with van der Waals surface area (Å²) in [6, 6.07) is 20.9. The van der Waals surface area contributed by atoms with Gasteiger partial charge in [-0.1, -0.05) is 59.6 Å². The van der Waals surface area contributed by atoms with Crippen molar-refractivity contribution in [1.82, 2.24) is 0 Å². The van der Waals surface area contributed by atoms with Crippen molar-refractivity contribution < 1.29 is 13.2 Å². The highest BCUT2D eigenvalue weighted by molar-refractivity contribution is 7.92. The number of hydrogen-bond donors (Lipinski definition) is 1. The zero-order chi connectivity index (χ0) is 20.1. The molecule has 0 aliphatic rings. The molecule has 1 amide bonds. The fourth-order valence-corrected chi connectivity index (χ4v) is 4.35. The van der Waals surface area contributed by atoms with Crippen LogP contribution in [0, 0.1) is 0 Å². The molecule has 0 aliphatic carbocycles. The summed E-state index contributed by atoms with van der Waals surface area (Å²) in [5.41, 5.74) is 0.683. The summed E-state index contributed by atoms with van der Waals surface area (Å²) in [7, 11) is -3.99. The number of rotatable bonds is 6. The minimum Gasteiger partial charge on any atom is -0.323 e. The Bertz CT molecular complexity index is 1090. The van der Waals surface area contributed by atoms with Crippen LogP contribution in [0.25, 0.3) is 0 Å². The maximum atomic E-state index is 13.2. The van der Waals surface area contributed by atoms with Gasteiger partial charge in [0.25, 0.3) is 10.0 Å². The fraction of sp³-hybridized carbons (Fsp3) is 0.0500. The first-order valence-electron chi connectivity index (χ1n) is 8.25. The molecular formula is C20H16Cl2N2O3S. The molecule has 0 heterocycles. The second-order valence-corrected chi connectivity index (χ2v) is 8.54. The first-order valence-corrected chi connectivity index (χ1v) is 10.5. The maximum Gasteiger partial charge on any atom is 0.264 e. The number of nitrogens with one attached hydrogen (secondary N) is 1. The number of anilines is 2. The van der Waals surface area contributed by atoms with Crippen LogP contribution in [0.2, 0.25) is 10.0 Å². The second kappa shape index (κ2) is 8.65. The topological polar surface area (TPSA) is 66.5 Å². The lowest BCUT2D eigenvalue weighted by Crippen LogP contribution is -2.38. The second-order valence-electron chi connectivity index (χ2n) is 5.83. The summed E-state index contributed by atoms with van der Waals surface area (Å²) in [5, 5.41) is 3.35. The Morgan fingerprint density at radius 1 is 0.893 bits per heavy atom. The number of hydrogen-bond acceptors (Lipinski definition) is 3. The van der Waals surface area contributed by atoms with Crippen molar-refractivity contribution >= 4 is 50.5 Å². The van der Waals surface area contributed by atoms with E-state index < -0.39 is 22.5 Å². The lowest BCUT2D eigenvalue weighted by Gasteiger charge is -2.24. The van der Waals surface area contributed by atoms with Gasteiger partial charge in [0.05, 0.1) is 21.3 Å². The van der Waals surface area contributed by atoms with Gasteiger partial charge in [0.1, 0.15) is 6.54 Å². The van der Waals surface area contributed by atoms with Crippen LogP contribution >= 0.6 is 23.2 Å². The van der Waals surface area contributed by atoms with Crippen molar-refractivity contribution in [3.05, 3.63) is 88.9 Å². The van der Waals surface area contributed by atoms with Crippen molar-refractivity contribution in [3.8, 4) is 0 Å². The van der Waals surface area contributed by atoms with Gasteiger partial charge >= 0.3 is 0 Å². The van der Waals surface area contributed by atoms with E-state index in [9.17, 15) is 13.2 Å². The number of para-hydroxylation sites is 1. The third-order valence-electron chi connectivity index (χ3n) is 3.86. The third-order valence-corrected chi connectivity index (χ3v) is 6.22. The van der Waals surface area contributed by atoms with Gasteiger partial charge in [0.15, 0.2) is 0 Å². The summed E-state index contributed by atoms with van der Waals surface area (Å²) in [6.45, 7) is -0.442. The lowest BCUT2D eigenvalue weighted by atomic mass is 10.3. The molecule has 1 N–H and O–H groups in total. The van der Waals surface area contributed by atoms with Crippen molar-refractivity contribution in [3.63, 3.8) is 0 Å². The quantitative estimate of drug-likeness (QED) is 0.603. The van der Waals surface area contributed by atoms with Gasteiger partial charge < -0.3 is 5.32 Å². The highest BCUT2D eigenvalue weighted by Gasteiger charge is 2.27. The van der Waals surface area contributed by atoms with Crippen LogP contribution in [0.15, 0.2) is 83.8 Å². The van der Waals surface area contributed by atoms with Crippen LogP contribution in [-0.2, 0) is 14.8 Å². The summed E-state index contributed by atoms with van der Waals surface area (Å²) in [6.07, 6.45) is 0. The first-order chi connectivity index (χ1) is 13.4. The Morgan fingerprint density at radius 2 is 1.57 bits per heavy atom. The summed E-state index contributed by atoms with van der Waals surface area (Å²) < 4.78 is 27.4. The van der Waals surface area contributed by atoms with E-state index in [1.165, 1.54) is 18.2 Å². The summed E-state index contributed by atoms with van der Waals surface area (Å²) in [4.78, 5) is 12.7.